The minimum atomic E-state index is -0.481. The third-order valence-corrected chi connectivity index (χ3v) is 6.72. The summed E-state index contributed by atoms with van der Waals surface area (Å²) in [6.45, 7) is 3.84. The van der Waals surface area contributed by atoms with Crippen LogP contribution in [0.5, 0.6) is 0 Å². The van der Waals surface area contributed by atoms with Gasteiger partial charge in [0.25, 0.3) is 0 Å². The van der Waals surface area contributed by atoms with Crippen LogP contribution in [0.3, 0.4) is 0 Å². The number of halogens is 1. The van der Waals surface area contributed by atoms with Crippen LogP contribution in [0.15, 0.2) is 41.3 Å². The number of carbonyl (C=O) groups excluding carboxylic acids is 1. The number of nitro benzene ring substituents is 1. The van der Waals surface area contributed by atoms with Gasteiger partial charge >= 0.3 is 148 Å². The number of rotatable bonds is 5. The van der Waals surface area contributed by atoms with Gasteiger partial charge in [0.15, 0.2) is 0 Å². The Labute approximate surface area is 147 Å². The summed E-state index contributed by atoms with van der Waals surface area (Å²) in [6.07, 6.45) is 0. The summed E-state index contributed by atoms with van der Waals surface area (Å²) in [5, 5.41) is 13.9. The number of hydrogen-bond donors (Lipinski definition) is 1. The first-order valence-electron chi connectivity index (χ1n) is 6.76. The monoisotopic (exact) mass is 443 g/mol. The Morgan fingerprint density at radius 3 is 2.43 bits per heavy atom. The maximum atomic E-state index is 12.7. The molecule has 0 aliphatic heterocycles. The van der Waals surface area contributed by atoms with E-state index in [1.165, 1.54) is 12.1 Å². The van der Waals surface area contributed by atoms with Crippen molar-refractivity contribution >= 4 is 26.2 Å². The summed E-state index contributed by atoms with van der Waals surface area (Å²) < 4.78 is 0. The van der Waals surface area contributed by atoms with Crippen LogP contribution in [0.2, 0.25) is 0 Å². The molecule has 0 unspecified atom stereocenters. The van der Waals surface area contributed by atoms with Gasteiger partial charge in [0, 0.05) is 0 Å². The van der Waals surface area contributed by atoms with Gasteiger partial charge in [-0.1, -0.05) is 0 Å². The number of alkyl halides is 1. The number of hydrogen-bond acceptors (Lipinski definition) is 4. The van der Waals surface area contributed by atoms with E-state index in [0.29, 0.717) is 5.56 Å². The Kier molecular flexibility index (Phi) is 6.00. The van der Waals surface area contributed by atoms with Gasteiger partial charge in [-0.3, -0.25) is 0 Å². The number of para-hydroxylation sites is 1. The number of aryl methyl sites for hydroxylation is 2. The zero-order valence-electron chi connectivity index (χ0n) is 12.9. The fourth-order valence-corrected chi connectivity index (χ4v) is 5.25. The molecule has 0 atom stereocenters. The van der Waals surface area contributed by atoms with Gasteiger partial charge in [0.1, 0.15) is 0 Å². The van der Waals surface area contributed by atoms with Crippen LogP contribution in [0.1, 0.15) is 21.5 Å². The SMILES string of the molecule is C[I-]Sc1ccc([N+](=O)[O-])cc1C(=O)Nc1c(C)cccc1C. The molecule has 2 rings (SSSR count). The van der Waals surface area contributed by atoms with Crippen molar-refractivity contribution in [3.63, 3.8) is 0 Å². The summed E-state index contributed by atoms with van der Waals surface area (Å²) >= 11 is -0.146. The fraction of sp³-hybridized carbons (Fsp3) is 0.188. The Hall–Kier alpha value is -1.61. The molecule has 0 radical (unpaired) electrons. The predicted molar refractivity (Wildman–Crippen MR) is 88.7 cm³/mol. The second kappa shape index (κ2) is 7.78. The first kappa shape index (κ1) is 17.7. The van der Waals surface area contributed by atoms with Crippen molar-refractivity contribution in [1.82, 2.24) is 0 Å². The van der Waals surface area contributed by atoms with E-state index in [1.54, 1.807) is 15.0 Å². The van der Waals surface area contributed by atoms with E-state index in [-0.39, 0.29) is 31.4 Å². The summed E-state index contributed by atoms with van der Waals surface area (Å²) in [6, 6.07) is 10.2. The van der Waals surface area contributed by atoms with Gasteiger partial charge in [0.2, 0.25) is 0 Å². The maximum absolute atomic E-state index is 12.7. The molecule has 122 valence electrons. The van der Waals surface area contributed by atoms with E-state index in [4.69, 9.17) is 0 Å². The van der Waals surface area contributed by atoms with E-state index in [1.807, 2.05) is 32.0 Å². The fourth-order valence-electron chi connectivity index (χ4n) is 2.15. The van der Waals surface area contributed by atoms with E-state index < -0.39 is 4.92 Å². The number of nitrogens with one attached hydrogen (secondary N) is 1. The standard InChI is InChI=1S/C16H16IN2O3S/c1-10-5-4-6-11(2)15(10)18-16(20)13-9-12(19(21)22)7-8-14(13)23-17-3/h4-9H,1-3H3,(H,18,20)/q-1. The normalized spacial score (nSPS) is 10.6. The number of nitro groups is 1. The number of carbonyl (C=O) groups is 1. The average Bonchev–Trinajstić information content (AvgIpc) is 2.51. The molecule has 0 aliphatic carbocycles. The Bertz CT molecular complexity index is 745. The van der Waals surface area contributed by atoms with Crippen molar-refractivity contribution in [3.05, 3.63) is 63.2 Å². The second-order valence-corrected chi connectivity index (χ2v) is 9.76. The van der Waals surface area contributed by atoms with Crippen molar-refractivity contribution in [3.8, 4) is 0 Å². The number of anilines is 1. The molecule has 0 bridgehead atoms. The van der Waals surface area contributed by atoms with Crippen molar-refractivity contribution in [2.75, 3.05) is 10.2 Å². The Morgan fingerprint density at radius 2 is 1.87 bits per heavy atom. The third kappa shape index (κ3) is 4.23. The topological polar surface area (TPSA) is 72.2 Å². The number of amides is 1. The molecule has 0 heterocycles. The molecule has 0 saturated heterocycles. The van der Waals surface area contributed by atoms with Crippen molar-refractivity contribution in [2.45, 2.75) is 18.7 Å². The summed E-state index contributed by atoms with van der Waals surface area (Å²) in [5.41, 5.74) is 2.96. The van der Waals surface area contributed by atoms with Gasteiger partial charge in [-0.05, 0) is 0 Å². The predicted octanol–water partition coefficient (Wildman–Crippen LogP) is 1.19. The number of benzene rings is 2. The van der Waals surface area contributed by atoms with Gasteiger partial charge in [0.05, 0.1) is 0 Å². The van der Waals surface area contributed by atoms with Crippen LogP contribution < -0.4 is 25.1 Å². The second-order valence-electron chi connectivity index (χ2n) is 4.89. The summed E-state index contributed by atoms with van der Waals surface area (Å²) in [5.74, 6) is -0.314. The molecular weight excluding hydrogens is 427 g/mol. The molecule has 0 aliphatic rings. The zero-order valence-corrected chi connectivity index (χ0v) is 15.9. The van der Waals surface area contributed by atoms with E-state index in [2.05, 4.69) is 10.2 Å². The molecule has 0 saturated carbocycles. The number of non-ortho nitro benzene ring substituents is 1. The van der Waals surface area contributed by atoms with Crippen LogP contribution in [-0.2, 0) is 0 Å². The van der Waals surface area contributed by atoms with Gasteiger partial charge in [-0.15, -0.1) is 0 Å². The summed E-state index contributed by atoms with van der Waals surface area (Å²) in [7, 11) is 1.60. The molecule has 0 fully saturated rings. The first-order chi connectivity index (χ1) is 10.9. The van der Waals surface area contributed by atoms with Crippen molar-refractivity contribution in [2.24, 2.45) is 0 Å². The van der Waals surface area contributed by atoms with Crippen LogP contribution in [0, 0.1) is 24.0 Å². The third-order valence-electron chi connectivity index (χ3n) is 3.30. The molecular formula is C16H16IN2O3S-. The van der Waals surface area contributed by atoms with Gasteiger partial charge in [-0.25, -0.2) is 0 Å². The first-order valence-corrected chi connectivity index (χ1v) is 12.3. The van der Waals surface area contributed by atoms with Crippen molar-refractivity contribution in [1.29, 1.82) is 0 Å². The molecule has 2 aromatic rings. The average molecular weight is 443 g/mol. The van der Waals surface area contributed by atoms with E-state index in [0.717, 1.165) is 21.7 Å². The van der Waals surface area contributed by atoms with Gasteiger partial charge in [-0.2, -0.15) is 0 Å². The van der Waals surface area contributed by atoms with Crippen LogP contribution in [0.4, 0.5) is 11.4 Å². The quantitative estimate of drug-likeness (QED) is 0.326. The molecule has 23 heavy (non-hydrogen) atoms. The Balaban J connectivity index is 2.41. The minimum absolute atomic E-state index is 0.0738. The van der Waals surface area contributed by atoms with Crippen LogP contribution >= 0.6 is 8.93 Å². The molecule has 7 heteroatoms. The molecule has 1 N–H and O–H groups in total. The molecule has 1 amide bonds. The van der Waals surface area contributed by atoms with E-state index in [9.17, 15) is 14.9 Å². The van der Waals surface area contributed by atoms with Gasteiger partial charge < -0.3 is 0 Å². The number of nitrogens with zero attached hydrogens (tertiary/aromatic N) is 1. The van der Waals surface area contributed by atoms with Crippen LogP contribution in [-0.4, -0.2) is 15.8 Å². The molecule has 2 aromatic carbocycles. The molecule has 5 nitrogen and oxygen atoms in total. The Morgan fingerprint density at radius 1 is 1.22 bits per heavy atom. The summed E-state index contributed by atoms with van der Waals surface area (Å²) in [4.78, 5) is 26.0. The molecule has 0 spiro atoms. The van der Waals surface area contributed by atoms with E-state index >= 15 is 0 Å². The van der Waals surface area contributed by atoms with Crippen molar-refractivity contribution < 1.29 is 29.5 Å². The molecule has 0 aromatic heterocycles. The van der Waals surface area contributed by atoms with Crippen LogP contribution in [0.25, 0.3) is 0 Å². The zero-order chi connectivity index (χ0) is 17.0.